The summed E-state index contributed by atoms with van der Waals surface area (Å²) in [4.78, 5) is 10.3. The van der Waals surface area contributed by atoms with E-state index >= 15 is 0 Å². The van der Waals surface area contributed by atoms with Crippen molar-refractivity contribution in [3.8, 4) is 0 Å². The van der Waals surface area contributed by atoms with Crippen LogP contribution in [0.15, 0.2) is 0 Å². The zero-order chi connectivity index (χ0) is 14.9. The van der Waals surface area contributed by atoms with Crippen LogP contribution < -0.4 is 0 Å². The van der Waals surface area contributed by atoms with Crippen LogP contribution in [0.25, 0.3) is 0 Å². The van der Waals surface area contributed by atoms with Crippen molar-refractivity contribution in [2.24, 2.45) is 0 Å². The maximum atomic E-state index is 10.3. The van der Waals surface area contributed by atoms with Gasteiger partial charge in [0.05, 0.1) is 6.61 Å². The van der Waals surface area contributed by atoms with Crippen LogP contribution in [0.5, 0.6) is 0 Å². The van der Waals surface area contributed by atoms with Gasteiger partial charge in [0, 0.05) is 11.6 Å². The Labute approximate surface area is 130 Å². The molecule has 0 heterocycles. The molecule has 0 aromatic rings. The number of carbonyl (C=O) groups excluding carboxylic acids is 1. The van der Waals surface area contributed by atoms with Crippen LogP contribution in [0.3, 0.4) is 0 Å². The van der Waals surface area contributed by atoms with E-state index in [9.17, 15) is 4.79 Å². The summed E-state index contributed by atoms with van der Waals surface area (Å²) in [6, 6.07) is 0. The van der Waals surface area contributed by atoms with Gasteiger partial charge in [0.2, 0.25) is 0 Å². The lowest BCUT2D eigenvalue weighted by Gasteiger charge is -2.03. The molecule has 0 aromatic carbocycles. The van der Waals surface area contributed by atoms with Crippen molar-refractivity contribution < 1.29 is 9.53 Å². The molecule has 0 N–H and O–H groups in total. The SMILES string of the molecule is CCCCCCCCCCCCCCCCOC(=O)Cl. The Kier molecular flexibility index (Phi) is 16.6. The van der Waals surface area contributed by atoms with Gasteiger partial charge in [-0.2, -0.15) is 0 Å². The Morgan fingerprint density at radius 1 is 0.700 bits per heavy atom. The normalized spacial score (nSPS) is 10.7. The number of ether oxygens (including phenoxy) is 1. The zero-order valence-electron chi connectivity index (χ0n) is 13.3. The van der Waals surface area contributed by atoms with E-state index in [4.69, 9.17) is 11.6 Å². The van der Waals surface area contributed by atoms with E-state index in [0.717, 1.165) is 12.8 Å². The van der Waals surface area contributed by atoms with Gasteiger partial charge >= 0.3 is 5.43 Å². The molecule has 120 valence electrons. The lowest BCUT2D eigenvalue weighted by molar-refractivity contribution is 0.170. The molecule has 20 heavy (non-hydrogen) atoms. The first kappa shape index (κ1) is 19.8. The van der Waals surface area contributed by atoms with Crippen LogP contribution in [-0.4, -0.2) is 12.0 Å². The second-order valence-electron chi connectivity index (χ2n) is 5.68. The van der Waals surface area contributed by atoms with E-state index in [1.807, 2.05) is 0 Å². The average molecular weight is 305 g/mol. The summed E-state index contributed by atoms with van der Waals surface area (Å²) in [6.07, 6.45) is 18.6. The van der Waals surface area contributed by atoms with Crippen LogP contribution in [0.4, 0.5) is 4.79 Å². The highest BCUT2D eigenvalue weighted by molar-refractivity contribution is 6.61. The first-order valence-corrected chi connectivity index (χ1v) is 8.97. The molecule has 0 bridgehead atoms. The zero-order valence-corrected chi connectivity index (χ0v) is 14.1. The Morgan fingerprint density at radius 2 is 1.05 bits per heavy atom. The fourth-order valence-electron chi connectivity index (χ4n) is 2.45. The summed E-state index contributed by atoms with van der Waals surface area (Å²) in [6.45, 7) is 2.74. The van der Waals surface area contributed by atoms with Crippen molar-refractivity contribution in [3.05, 3.63) is 0 Å². The summed E-state index contributed by atoms with van der Waals surface area (Å²) in [7, 11) is 0. The van der Waals surface area contributed by atoms with E-state index < -0.39 is 5.43 Å². The summed E-state index contributed by atoms with van der Waals surface area (Å²) < 4.78 is 4.68. The minimum atomic E-state index is -0.681. The second-order valence-corrected chi connectivity index (χ2v) is 5.99. The Hall–Kier alpha value is -0.240. The summed E-state index contributed by atoms with van der Waals surface area (Å²) >= 11 is 5.07. The van der Waals surface area contributed by atoms with Crippen molar-refractivity contribution in [2.75, 3.05) is 6.61 Å². The molecule has 0 aliphatic rings. The van der Waals surface area contributed by atoms with Gasteiger partial charge in [0.15, 0.2) is 0 Å². The van der Waals surface area contributed by atoms with E-state index in [2.05, 4.69) is 11.7 Å². The maximum absolute atomic E-state index is 10.3. The molecule has 0 aliphatic heterocycles. The van der Waals surface area contributed by atoms with Gasteiger partial charge in [-0.3, -0.25) is 0 Å². The molecule has 0 saturated carbocycles. The number of halogens is 1. The molecule has 0 spiro atoms. The standard InChI is InChI=1S/C17H33ClO2/c1-2-3-4-5-6-7-8-9-10-11-12-13-14-15-16-20-17(18)19/h2-16H2,1H3. The van der Waals surface area contributed by atoms with E-state index in [1.165, 1.54) is 77.0 Å². The highest BCUT2D eigenvalue weighted by Gasteiger charge is 1.96. The third-order valence-corrected chi connectivity index (χ3v) is 3.82. The maximum Gasteiger partial charge on any atom is 0.403 e. The van der Waals surface area contributed by atoms with Crippen molar-refractivity contribution >= 4 is 17.0 Å². The minimum absolute atomic E-state index is 0.473. The predicted octanol–water partition coefficient (Wildman–Crippen LogP) is 6.84. The Morgan fingerprint density at radius 3 is 1.40 bits per heavy atom. The smallest absolute Gasteiger partial charge is 0.403 e. The number of hydrogen-bond donors (Lipinski definition) is 0. The topological polar surface area (TPSA) is 26.3 Å². The first-order chi connectivity index (χ1) is 9.77. The van der Waals surface area contributed by atoms with Gasteiger partial charge < -0.3 is 4.74 Å². The Bertz CT molecular complexity index is 207. The molecule has 0 saturated heterocycles. The van der Waals surface area contributed by atoms with Crippen molar-refractivity contribution in [1.82, 2.24) is 0 Å². The van der Waals surface area contributed by atoms with Crippen LogP contribution in [-0.2, 0) is 4.74 Å². The number of rotatable bonds is 15. The van der Waals surface area contributed by atoms with Crippen LogP contribution in [0.1, 0.15) is 96.8 Å². The third-order valence-electron chi connectivity index (χ3n) is 3.71. The van der Waals surface area contributed by atoms with Gasteiger partial charge in [0.25, 0.3) is 0 Å². The van der Waals surface area contributed by atoms with Gasteiger partial charge in [-0.05, 0) is 6.42 Å². The number of unbranched alkanes of at least 4 members (excludes halogenated alkanes) is 13. The molecule has 0 aromatic heterocycles. The molecule has 0 fully saturated rings. The molecule has 2 nitrogen and oxygen atoms in total. The molecule has 0 amide bonds. The molecular weight excluding hydrogens is 272 g/mol. The molecular formula is C17H33ClO2. The highest BCUT2D eigenvalue weighted by atomic mass is 35.5. The van der Waals surface area contributed by atoms with E-state index in [1.54, 1.807) is 0 Å². The molecule has 0 unspecified atom stereocenters. The number of carbonyl (C=O) groups is 1. The van der Waals surface area contributed by atoms with E-state index in [-0.39, 0.29) is 0 Å². The molecule has 0 rings (SSSR count). The van der Waals surface area contributed by atoms with Gasteiger partial charge in [0.1, 0.15) is 0 Å². The van der Waals surface area contributed by atoms with Crippen molar-refractivity contribution in [3.63, 3.8) is 0 Å². The highest BCUT2D eigenvalue weighted by Crippen LogP contribution is 2.12. The molecule has 0 atom stereocenters. The third kappa shape index (κ3) is 17.8. The quantitative estimate of drug-likeness (QED) is 0.244. The predicted molar refractivity (Wildman–Crippen MR) is 87.5 cm³/mol. The fraction of sp³-hybridized carbons (Fsp3) is 0.941. The summed E-state index contributed by atoms with van der Waals surface area (Å²) in [5.74, 6) is 0. The molecule has 3 heteroatoms. The molecule has 0 aliphatic carbocycles. The van der Waals surface area contributed by atoms with Gasteiger partial charge in [-0.15, -0.1) is 0 Å². The van der Waals surface area contributed by atoms with Crippen LogP contribution in [0.2, 0.25) is 0 Å². The van der Waals surface area contributed by atoms with Gasteiger partial charge in [-0.25, -0.2) is 4.79 Å². The van der Waals surface area contributed by atoms with Crippen molar-refractivity contribution in [2.45, 2.75) is 96.8 Å². The monoisotopic (exact) mass is 304 g/mol. The summed E-state index contributed by atoms with van der Waals surface area (Å²) in [5.41, 5.74) is -0.681. The first-order valence-electron chi connectivity index (χ1n) is 8.59. The average Bonchev–Trinajstić information content (AvgIpc) is 2.43. The van der Waals surface area contributed by atoms with Crippen molar-refractivity contribution in [1.29, 1.82) is 0 Å². The second kappa shape index (κ2) is 16.8. The van der Waals surface area contributed by atoms with Gasteiger partial charge in [-0.1, -0.05) is 90.4 Å². The van der Waals surface area contributed by atoms with E-state index in [0.29, 0.717) is 6.61 Å². The minimum Gasteiger partial charge on any atom is -0.454 e. The molecule has 0 radical (unpaired) electrons. The fourth-order valence-corrected chi connectivity index (χ4v) is 2.53. The lowest BCUT2D eigenvalue weighted by Crippen LogP contribution is -1.96. The van der Waals surface area contributed by atoms with Crippen LogP contribution >= 0.6 is 11.6 Å². The Balaban J connectivity index is 2.94. The largest absolute Gasteiger partial charge is 0.454 e. The number of hydrogen-bond acceptors (Lipinski definition) is 2. The summed E-state index contributed by atoms with van der Waals surface area (Å²) in [5, 5.41) is 0. The van der Waals surface area contributed by atoms with Crippen LogP contribution in [0, 0.1) is 0 Å². The lowest BCUT2D eigenvalue weighted by atomic mass is 10.0.